The largest absolute Gasteiger partial charge is 0.497 e. The number of thiophene rings is 1. The summed E-state index contributed by atoms with van der Waals surface area (Å²) >= 11 is 1.12. The van der Waals surface area contributed by atoms with E-state index in [1.54, 1.807) is 37.4 Å². The van der Waals surface area contributed by atoms with Crippen molar-refractivity contribution < 1.29 is 22.7 Å². The lowest BCUT2D eigenvalue weighted by Gasteiger charge is -2.08. The third-order valence-corrected chi connectivity index (χ3v) is 6.16. The van der Waals surface area contributed by atoms with Gasteiger partial charge in [-0.25, -0.2) is 13.1 Å². The van der Waals surface area contributed by atoms with Gasteiger partial charge >= 0.3 is 0 Å². The smallest absolute Gasteiger partial charge is 0.250 e. The lowest BCUT2D eigenvalue weighted by atomic mass is 10.3. The summed E-state index contributed by atoms with van der Waals surface area (Å²) in [6.07, 6.45) is 0. The molecular formula is C16H20N2O5S2. The van der Waals surface area contributed by atoms with Gasteiger partial charge < -0.3 is 14.8 Å². The first-order valence-corrected chi connectivity index (χ1v) is 9.80. The number of hydrogen-bond donors (Lipinski definition) is 2. The summed E-state index contributed by atoms with van der Waals surface area (Å²) in [4.78, 5) is 11.7. The van der Waals surface area contributed by atoms with E-state index in [4.69, 9.17) is 9.47 Å². The average Bonchev–Trinajstić information content (AvgIpc) is 3.07. The second kappa shape index (κ2) is 8.84. The van der Waals surface area contributed by atoms with Gasteiger partial charge in [0.05, 0.1) is 13.7 Å². The van der Waals surface area contributed by atoms with Crippen LogP contribution < -0.4 is 19.5 Å². The molecule has 0 saturated carbocycles. The van der Waals surface area contributed by atoms with Crippen molar-refractivity contribution in [2.24, 2.45) is 0 Å². The van der Waals surface area contributed by atoms with E-state index in [0.29, 0.717) is 18.0 Å². The minimum Gasteiger partial charge on any atom is -0.497 e. The first kappa shape index (κ1) is 19.2. The van der Waals surface area contributed by atoms with Crippen LogP contribution in [0.15, 0.2) is 40.6 Å². The molecule has 25 heavy (non-hydrogen) atoms. The number of sulfonamides is 1. The Labute approximate surface area is 151 Å². The Morgan fingerprint density at radius 3 is 2.68 bits per heavy atom. The molecule has 0 aliphatic rings. The molecule has 2 rings (SSSR count). The summed E-state index contributed by atoms with van der Waals surface area (Å²) in [6.45, 7) is 2.05. The Bertz CT molecular complexity index is 817. The fraction of sp³-hybridized carbons (Fsp3) is 0.312. The van der Waals surface area contributed by atoms with Gasteiger partial charge in [-0.2, -0.15) is 0 Å². The number of carbonyl (C=O) groups is 1. The second-order valence-electron chi connectivity index (χ2n) is 5.06. The number of methoxy groups -OCH3 is 1. The molecule has 2 aromatic rings. The van der Waals surface area contributed by atoms with E-state index in [0.717, 1.165) is 16.2 Å². The highest BCUT2D eigenvalue weighted by Crippen LogP contribution is 2.21. The monoisotopic (exact) mass is 384 g/mol. The van der Waals surface area contributed by atoms with E-state index in [-0.39, 0.29) is 23.3 Å². The molecule has 1 heterocycles. The maximum atomic E-state index is 12.2. The molecule has 1 amide bonds. The summed E-state index contributed by atoms with van der Waals surface area (Å²) < 4.78 is 37.8. The third kappa shape index (κ3) is 6.04. The molecule has 0 bridgehead atoms. The summed E-state index contributed by atoms with van der Waals surface area (Å²) in [5.74, 6) is 1.11. The molecule has 0 atom stereocenters. The van der Waals surface area contributed by atoms with E-state index in [1.165, 1.54) is 13.0 Å². The van der Waals surface area contributed by atoms with Crippen molar-refractivity contribution in [3.8, 4) is 11.5 Å². The van der Waals surface area contributed by atoms with Crippen LogP contribution in [-0.2, 0) is 21.4 Å². The molecule has 0 spiro atoms. The molecule has 0 aliphatic heterocycles. The van der Waals surface area contributed by atoms with Gasteiger partial charge in [0.1, 0.15) is 22.3 Å². The minimum absolute atomic E-state index is 0.137. The van der Waals surface area contributed by atoms with E-state index in [2.05, 4.69) is 10.0 Å². The Balaban J connectivity index is 1.83. The standard InChI is InChI=1S/C16H20N2O5S2/c1-12(19)17-11-15-6-7-16(24-15)25(20,21)18-8-9-23-14-5-3-4-13(10-14)22-2/h3-7,10,18H,8-9,11H2,1-2H3,(H,17,19). The molecule has 9 heteroatoms. The zero-order valence-electron chi connectivity index (χ0n) is 13.9. The summed E-state index contributed by atoms with van der Waals surface area (Å²) in [5.41, 5.74) is 0. The predicted octanol–water partition coefficient (Wildman–Crippen LogP) is 1.75. The highest BCUT2D eigenvalue weighted by Gasteiger charge is 2.16. The van der Waals surface area contributed by atoms with Crippen LogP contribution in [0.1, 0.15) is 11.8 Å². The van der Waals surface area contributed by atoms with Crippen molar-refractivity contribution in [1.82, 2.24) is 10.0 Å². The minimum atomic E-state index is -3.59. The molecular weight excluding hydrogens is 364 g/mol. The first-order chi connectivity index (χ1) is 11.9. The lowest BCUT2D eigenvalue weighted by Crippen LogP contribution is -2.27. The zero-order valence-corrected chi connectivity index (χ0v) is 15.6. The molecule has 0 fully saturated rings. The normalized spacial score (nSPS) is 11.1. The number of benzene rings is 1. The van der Waals surface area contributed by atoms with Crippen LogP contribution >= 0.6 is 11.3 Å². The Morgan fingerprint density at radius 1 is 1.20 bits per heavy atom. The first-order valence-electron chi connectivity index (χ1n) is 7.50. The highest BCUT2D eigenvalue weighted by atomic mass is 32.2. The van der Waals surface area contributed by atoms with Crippen molar-refractivity contribution in [1.29, 1.82) is 0 Å². The topological polar surface area (TPSA) is 93.7 Å². The Kier molecular flexibility index (Phi) is 6.80. The molecule has 0 aliphatic carbocycles. The summed E-state index contributed by atoms with van der Waals surface area (Å²) in [6, 6.07) is 10.3. The van der Waals surface area contributed by atoms with Crippen molar-refractivity contribution in [2.75, 3.05) is 20.3 Å². The highest BCUT2D eigenvalue weighted by molar-refractivity contribution is 7.91. The van der Waals surface area contributed by atoms with Gasteiger partial charge in [-0.1, -0.05) is 6.07 Å². The SMILES string of the molecule is COc1cccc(OCCNS(=O)(=O)c2ccc(CNC(C)=O)s2)c1. The van der Waals surface area contributed by atoms with E-state index in [9.17, 15) is 13.2 Å². The van der Waals surface area contributed by atoms with Gasteiger partial charge in [-0.05, 0) is 24.3 Å². The van der Waals surface area contributed by atoms with E-state index in [1.807, 2.05) is 0 Å². The fourth-order valence-electron chi connectivity index (χ4n) is 1.92. The predicted molar refractivity (Wildman–Crippen MR) is 95.5 cm³/mol. The van der Waals surface area contributed by atoms with E-state index < -0.39 is 10.0 Å². The summed E-state index contributed by atoms with van der Waals surface area (Å²) in [5, 5.41) is 2.63. The molecule has 7 nitrogen and oxygen atoms in total. The molecule has 1 aromatic heterocycles. The van der Waals surface area contributed by atoms with Crippen molar-refractivity contribution >= 4 is 27.3 Å². The maximum absolute atomic E-state index is 12.2. The number of hydrogen-bond acceptors (Lipinski definition) is 6. The fourth-order valence-corrected chi connectivity index (χ4v) is 4.27. The van der Waals surface area contributed by atoms with E-state index >= 15 is 0 Å². The van der Waals surface area contributed by atoms with Crippen molar-refractivity contribution in [2.45, 2.75) is 17.7 Å². The quantitative estimate of drug-likeness (QED) is 0.643. The maximum Gasteiger partial charge on any atom is 0.250 e. The zero-order chi connectivity index (χ0) is 18.3. The summed E-state index contributed by atoms with van der Waals surface area (Å²) in [7, 11) is -2.03. The molecule has 0 radical (unpaired) electrons. The van der Waals surface area contributed by atoms with Crippen LogP contribution in [0.3, 0.4) is 0 Å². The van der Waals surface area contributed by atoms with Gasteiger partial charge in [-0.15, -0.1) is 11.3 Å². The van der Waals surface area contributed by atoms with Gasteiger partial charge in [-0.3, -0.25) is 4.79 Å². The lowest BCUT2D eigenvalue weighted by molar-refractivity contribution is -0.119. The molecule has 1 aromatic carbocycles. The van der Waals surface area contributed by atoms with Gasteiger partial charge in [0.2, 0.25) is 15.9 Å². The van der Waals surface area contributed by atoms with Crippen molar-refractivity contribution in [3.05, 3.63) is 41.3 Å². The average molecular weight is 384 g/mol. The molecule has 2 N–H and O–H groups in total. The number of ether oxygens (including phenoxy) is 2. The third-order valence-electron chi connectivity index (χ3n) is 3.12. The Hall–Kier alpha value is -2.10. The van der Waals surface area contributed by atoms with Crippen LogP contribution in [-0.4, -0.2) is 34.6 Å². The van der Waals surface area contributed by atoms with Gasteiger partial charge in [0.15, 0.2) is 0 Å². The number of nitrogens with one attached hydrogen (secondary N) is 2. The number of amides is 1. The van der Waals surface area contributed by atoms with Crippen LogP contribution in [0.5, 0.6) is 11.5 Å². The number of carbonyl (C=O) groups excluding carboxylic acids is 1. The number of rotatable bonds is 9. The van der Waals surface area contributed by atoms with Crippen LogP contribution in [0.4, 0.5) is 0 Å². The second-order valence-corrected chi connectivity index (χ2v) is 8.22. The Morgan fingerprint density at radius 2 is 1.96 bits per heavy atom. The molecule has 0 saturated heterocycles. The van der Waals surface area contributed by atoms with Crippen LogP contribution in [0, 0.1) is 0 Å². The van der Waals surface area contributed by atoms with Gasteiger partial charge in [0, 0.05) is 24.4 Å². The van der Waals surface area contributed by atoms with Crippen LogP contribution in [0.2, 0.25) is 0 Å². The van der Waals surface area contributed by atoms with Crippen LogP contribution in [0.25, 0.3) is 0 Å². The molecule has 136 valence electrons. The molecule has 0 unspecified atom stereocenters. The van der Waals surface area contributed by atoms with Crippen molar-refractivity contribution in [3.63, 3.8) is 0 Å². The van der Waals surface area contributed by atoms with Gasteiger partial charge in [0.25, 0.3) is 0 Å².